The van der Waals surface area contributed by atoms with E-state index in [-0.39, 0.29) is 24.6 Å². The first kappa shape index (κ1) is 18.9. The van der Waals surface area contributed by atoms with Gasteiger partial charge in [0.05, 0.1) is 17.2 Å². The topological polar surface area (TPSA) is 88.5 Å². The van der Waals surface area contributed by atoms with Crippen molar-refractivity contribution in [3.8, 4) is 5.75 Å². The zero-order valence-electron chi connectivity index (χ0n) is 13.7. The highest BCUT2D eigenvalue weighted by molar-refractivity contribution is 7.09. The lowest BCUT2D eigenvalue weighted by Crippen LogP contribution is -2.40. The van der Waals surface area contributed by atoms with E-state index in [2.05, 4.69) is 10.3 Å². The molecule has 0 saturated heterocycles. The highest BCUT2D eigenvalue weighted by Crippen LogP contribution is 2.13. The average Bonchev–Trinajstić information content (AvgIpc) is 2.98. The normalized spacial score (nSPS) is 11.8. The van der Waals surface area contributed by atoms with Crippen molar-refractivity contribution in [1.82, 2.24) is 10.3 Å². The number of aromatic nitrogens is 1. The second-order valence-corrected chi connectivity index (χ2v) is 6.48. The molecule has 0 bridgehead atoms. The molecule has 25 heavy (non-hydrogen) atoms. The third-order valence-electron chi connectivity index (χ3n) is 3.36. The van der Waals surface area contributed by atoms with Crippen molar-refractivity contribution in [2.45, 2.75) is 32.3 Å². The number of carbonyl (C=O) groups is 2. The number of thiazole rings is 1. The van der Waals surface area contributed by atoms with Crippen LogP contribution in [0.3, 0.4) is 0 Å². The van der Waals surface area contributed by atoms with Crippen molar-refractivity contribution in [1.29, 1.82) is 0 Å². The lowest BCUT2D eigenvalue weighted by atomic mass is 10.2. The summed E-state index contributed by atoms with van der Waals surface area (Å²) in [4.78, 5) is 27.4. The molecule has 0 spiro atoms. The summed E-state index contributed by atoms with van der Waals surface area (Å²) in [5, 5.41) is 14.7. The van der Waals surface area contributed by atoms with Crippen LogP contribution < -0.4 is 10.1 Å². The molecular weight excluding hydrogens is 347 g/mol. The molecule has 2 rings (SSSR count). The summed E-state index contributed by atoms with van der Waals surface area (Å²) in [5.74, 6) is -1.67. The van der Waals surface area contributed by atoms with E-state index in [0.29, 0.717) is 12.8 Å². The van der Waals surface area contributed by atoms with Gasteiger partial charge >= 0.3 is 5.97 Å². The first-order valence-electron chi connectivity index (χ1n) is 7.77. The van der Waals surface area contributed by atoms with Crippen molar-refractivity contribution in [2.75, 3.05) is 6.54 Å². The van der Waals surface area contributed by atoms with Crippen LogP contribution >= 0.6 is 11.3 Å². The van der Waals surface area contributed by atoms with E-state index in [1.54, 1.807) is 11.3 Å². The SMILES string of the molecule is Cc1nc(CCCC(=O)NCC(Oc2ccc(F)cc2)C(=O)O)cs1. The van der Waals surface area contributed by atoms with Crippen molar-refractivity contribution in [3.63, 3.8) is 0 Å². The van der Waals surface area contributed by atoms with Crippen LogP contribution in [0.15, 0.2) is 29.6 Å². The van der Waals surface area contributed by atoms with Gasteiger partial charge in [0, 0.05) is 11.8 Å². The van der Waals surface area contributed by atoms with Crippen molar-refractivity contribution >= 4 is 23.2 Å². The van der Waals surface area contributed by atoms with Gasteiger partial charge in [0.1, 0.15) is 11.6 Å². The van der Waals surface area contributed by atoms with Crippen molar-refractivity contribution < 1.29 is 23.8 Å². The summed E-state index contributed by atoms with van der Waals surface area (Å²) in [6.07, 6.45) is 0.368. The number of amides is 1. The summed E-state index contributed by atoms with van der Waals surface area (Å²) in [7, 11) is 0. The van der Waals surface area contributed by atoms with Gasteiger partial charge in [0.25, 0.3) is 0 Å². The Morgan fingerprint density at radius 3 is 2.68 bits per heavy atom. The van der Waals surface area contributed by atoms with E-state index in [1.807, 2.05) is 12.3 Å². The van der Waals surface area contributed by atoms with Crippen LogP contribution in [0.4, 0.5) is 4.39 Å². The highest BCUT2D eigenvalue weighted by atomic mass is 32.1. The maximum Gasteiger partial charge on any atom is 0.346 e. The Hall–Kier alpha value is -2.48. The quantitative estimate of drug-likeness (QED) is 0.712. The highest BCUT2D eigenvalue weighted by Gasteiger charge is 2.20. The summed E-state index contributed by atoms with van der Waals surface area (Å²) in [6, 6.07) is 5.02. The molecular formula is C17H19FN2O4S. The maximum atomic E-state index is 12.8. The van der Waals surface area contributed by atoms with Gasteiger partial charge in [-0.2, -0.15) is 0 Å². The molecule has 1 atom stereocenters. The second-order valence-electron chi connectivity index (χ2n) is 5.41. The summed E-state index contributed by atoms with van der Waals surface area (Å²) < 4.78 is 18.1. The van der Waals surface area contributed by atoms with E-state index in [1.165, 1.54) is 24.3 Å². The number of hydrogen-bond donors (Lipinski definition) is 2. The minimum Gasteiger partial charge on any atom is -0.478 e. The molecule has 6 nitrogen and oxygen atoms in total. The molecule has 1 amide bonds. The Morgan fingerprint density at radius 2 is 2.08 bits per heavy atom. The number of nitrogens with zero attached hydrogens (tertiary/aromatic N) is 1. The Labute approximate surface area is 148 Å². The van der Waals surface area contributed by atoms with Gasteiger partial charge < -0.3 is 15.2 Å². The minimum absolute atomic E-state index is 0.165. The van der Waals surface area contributed by atoms with Crippen LogP contribution in [-0.4, -0.2) is 34.6 Å². The van der Waals surface area contributed by atoms with Crippen molar-refractivity contribution in [3.05, 3.63) is 46.2 Å². The molecule has 1 aromatic heterocycles. The molecule has 1 heterocycles. The van der Waals surface area contributed by atoms with Crippen LogP contribution in [0.5, 0.6) is 5.75 Å². The number of hydrogen-bond acceptors (Lipinski definition) is 5. The van der Waals surface area contributed by atoms with Crippen molar-refractivity contribution in [2.24, 2.45) is 0 Å². The summed E-state index contributed by atoms with van der Waals surface area (Å²) >= 11 is 1.57. The van der Waals surface area contributed by atoms with Gasteiger partial charge in [0.15, 0.2) is 0 Å². The van der Waals surface area contributed by atoms with E-state index in [0.717, 1.165) is 10.7 Å². The molecule has 8 heteroatoms. The Balaban J connectivity index is 1.74. The van der Waals surface area contributed by atoms with E-state index < -0.39 is 17.9 Å². The van der Waals surface area contributed by atoms with Gasteiger partial charge in [-0.05, 0) is 44.0 Å². The molecule has 0 aliphatic rings. The monoisotopic (exact) mass is 366 g/mol. The van der Waals surface area contributed by atoms with E-state index >= 15 is 0 Å². The number of carboxylic acids is 1. The predicted molar refractivity (Wildman–Crippen MR) is 91.3 cm³/mol. The molecule has 0 saturated carbocycles. The Bertz CT molecular complexity index is 718. The fourth-order valence-electron chi connectivity index (χ4n) is 2.10. The van der Waals surface area contributed by atoms with Crippen LogP contribution in [0, 0.1) is 12.7 Å². The lowest BCUT2D eigenvalue weighted by Gasteiger charge is -2.15. The number of carbonyl (C=O) groups excluding carboxylic acids is 1. The molecule has 2 N–H and O–H groups in total. The largest absolute Gasteiger partial charge is 0.478 e. The third-order valence-corrected chi connectivity index (χ3v) is 4.18. The van der Waals surface area contributed by atoms with Crippen LogP contribution in [-0.2, 0) is 16.0 Å². The molecule has 1 unspecified atom stereocenters. The number of nitrogens with one attached hydrogen (secondary N) is 1. The second kappa shape index (κ2) is 9.12. The maximum absolute atomic E-state index is 12.8. The standard InChI is InChI=1S/C17H19FN2O4S/c1-11-20-13(10-25-11)3-2-4-16(21)19-9-15(17(22)23)24-14-7-5-12(18)6-8-14/h5-8,10,15H,2-4,9H2,1H3,(H,19,21)(H,22,23). The minimum atomic E-state index is -1.24. The first-order valence-corrected chi connectivity index (χ1v) is 8.64. The smallest absolute Gasteiger partial charge is 0.346 e. The first-order chi connectivity index (χ1) is 11.9. The van der Waals surface area contributed by atoms with Gasteiger partial charge in [-0.15, -0.1) is 11.3 Å². The third kappa shape index (κ3) is 6.50. The number of aliphatic carboxylic acids is 1. The van der Waals surface area contributed by atoms with Gasteiger partial charge in [-0.25, -0.2) is 14.2 Å². The fourth-order valence-corrected chi connectivity index (χ4v) is 2.75. The summed E-state index contributed by atoms with van der Waals surface area (Å²) in [6.45, 7) is 1.76. The zero-order chi connectivity index (χ0) is 18.2. The van der Waals surface area contributed by atoms with Gasteiger partial charge in [0.2, 0.25) is 12.0 Å². The van der Waals surface area contributed by atoms with Gasteiger partial charge in [-0.1, -0.05) is 0 Å². The molecule has 1 aromatic carbocycles. The molecule has 0 radical (unpaired) electrons. The Morgan fingerprint density at radius 1 is 1.36 bits per heavy atom. The molecule has 0 aliphatic heterocycles. The average molecular weight is 366 g/mol. The number of aryl methyl sites for hydroxylation is 2. The van der Waals surface area contributed by atoms with Crippen LogP contribution in [0.25, 0.3) is 0 Å². The molecule has 2 aromatic rings. The van der Waals surface area contributed by atoms with Crippen LogP contribution in [0.1, 0.15) is 23.5 Å². The van der Waals surface area contributed by atoms with E-state index in [9.17, 15) is 19.1 Å². The molecule has 0 aliphatic carbocycles. The lowest BCUT2D eigenvalue weighted by molar-refractivity contribution is -0.145. The number of benzene rings is 1. The van der Waals surface area contributed by atoms with Gasteiger partial charge in [-0.3, -0.25) is 4.79 Å². The number of carboxylic acid groups (broad SMARTS) is 1. The number of halogens is 1. The van der Waals surface area contributed by atoms with E-state index in [4.69, 9.17) is 4.74 Å². The van der Waals surface area contributed by atoms with Crippen LogP contribution in [0.2, 0.25) is 0 Å². The molecule has 0 fully saturated rings. The number of ether oxygens (including phenoxy) is 1. The fraction of sp³-hybridized carbons (Fsp3) is 0.353. The summed E-state index contributed by atoms with van der Waals surface area (Å²) in [5.41, 5.74) is 0.957. The molecule has 134 valence electrons. The number of rotatable bonds is 9. The zero-order valence-corrected chi connectivity index (χ0v) is 14.5. The predicted octanol–water partition coefficient (Wildman–Crippen LogP) is 2.56. The Kier molecular flexibility index (Phi) is 6.88.